The number of benzene rings is 1. The Bertz CT molecular complexity index is 601. The first kappa shape index (κ1) is 18.2. The van der Waals surface area contributed by atoms with Crippen molar-refractivity contribution in [1.29, 1.82) is 0 Å². The van der Waals surface area contributed by atoms with Gasteiger partial charge in [0.15, 0.2) is 0 Å². The summed E-state index contributed by atoms with van der Waals surface area (Å²) in [5.74, 6) is 0.238. The second-order valence-corrected chi connectivity index (χ2v) is 7.54. The van der Waals surface area contributed by atoms with Crippen molar-refractivity contribution in [1.82, 2.24) is 9.80 Å². The van der Waals surface area contributed by atoms with Crippen LogP contribution in [0.25, 0.3) is 0 Å². The van der Waals surface area contributed by atoms with Crippen molar-refractivity contribution < 1.29 is 9.53 Å². The quantitative estimate of drug-likeness (QED) is 0.840. The fourth-order valence-corrected chi connectivity index (χ4v) is 3.90. The highest BCUT2D eigenvalue weighted by Gasteiger charge is 2.28. The van der Waals surface area contributed by atoms with Gasteiger partial charge in [-0.2, -0.15) is 0 Å². The van der Waals surface area contributed by atoms with E-state index in [-0.39, 0.29) is 18.1 Å². The van der Waals surface area contributed by atoms with E-state index in [1.165, 1.54) is 16.8 Å². The number of amides is 1. The van der Waals surface area contributed by atoms with Crippen LogP contribution in [0.4, 0.5) is 5.69 Å². The van der Waals surface area contributed by atoms with E-state index in [9.17, 15) is 4.79 Å². The summed E-state index contributed by atoms with van der Waals surface area (Å²) in [5.41, 5.74) is 4.04. The van der Waals surface area contributed by atoms with Crippen LogP contribution in [-0.4, -0.2) is 73.7 Å². The molecule has 2 heterocycles. The molecule has 138 valence electrons. The Balaban J connectivity index is 1.52. The van der Waals surface area contributed by atoms with Gasteiger partial charge in [-0.25, -0.2) is 0 Å². The molecule has 0 saturated carbocycles. The molecule has 2 fully saturated rings. The third-order valence-electron chi connectivity index (χ3n) is 5.42. The van der Waals surface area contributed by atoms with Crippen LogP contribution in [0.2, 0.25) is 0 Å². The Hall–Kier alpha value is -1.59. The summed E-state index contributed by atoms with van der Waals surface area (Å²) in [5, 5.41) is 0. The lowest BCUT2D eigenvalue weighted by Gasteiger charge is -2.39. The molecule has 1 aromatic carbocycles. The van der Waals surface area contributed by atoms with Crippen LogP contribution in [0.15, 0.2) is 18.2 Å². The minimum Gasteiger partial charge on any atom is -0.372 e. The summed E-state index contributed by atoms with van der Waals surface area (Å²) in [6, 6.07) is 6.51. The van der Waals surface area contributed by atoms with E-state index in [2.05, 4.69) is 41.8 Å². The van der Waals surface area contributed by atoms with Crippen LogP contribution in [-0.2, 0) is 9.53 Å². The van der Waals surface area contributed by atoms with E-state index in [1.54, 1.807) is 0 Å². The first-order chi connectivity index (χ1) is 11.9. The van der Waals surface area contributed by atoms with E-state index in [1.807, 2.05) is 18.7 Å². The van der Waals surface area contributed by atoms with E-state index in [0.29, 0.717) is 19.6 Å². The molecular formula is C20H31N3O2. The number of ether oxygens (including phenoxy) is 1. The monoisotopic (exact) mass is 345 g/mol. The first-order valence-electron chi connectivity index (χ1n) is 9.41. The van der Waals surface area contributed by atoms with Gasteiger partial charge < -0.3 is 14.5 Å². The molecule has 0 N–H and O–H groups in total. The van der Waals surface area contributed by atoms with E-state index in [0.717, 1.165) is 26.2 Å². The van der Waals surface area contributed by atoms with Gasteiger partial charge in [-0.05, 0) is 44.9 Å². The van der Waals surface area contributed by atoms with E-state index < -0.39 is 0 Å². The Morgan fingerprint density at radius 2 is 1.72 bits per heavy atom. The lowest BCUT2D eigenvalue weighted by Crippen LogP contribution is -2.54. The van der Waals surface area contributed by atoms with Crippen molar-refractivity contribution in [3.8, 4) is 0 Å². The third kappa shape index (κ3) is 4.33. The highest BCUT2D eigenvalue weighted by atomic mass is 16.5. The molecule has 0 radical (unpaired) electrons. The number of rotatable bonds is 3. The Labute approximate surface area is 151 Å². The fraction of sp³-hybridized carbons (Fsp3) is 0.650. The van der Waals surface area contributed by atoms with Gasteiger partial charge in [0.2, 0.25) is 5.91 Å². The highest BCUT2D eigenvalue weighted by molar-refractivity contribution is 5.78. The SMILES string of the molecule is Cc1cccc(N2CCN(CC(=O)N3C[C@@H](C)O[C@@H](C)C3)CC2)c1C. The Morgan fingerprint density at radius 3 is 2.36 bits per heavy atom. The average molecular weight is 345 g/mol. The minimum absolute atomic E-state index is 0.133. The number of morpholine rings is 1. The average Bonchev–Trinajstić information content (AvgIpc) is 2.57. The van der Waals surface area contributed by atoms with Crippen molar-refractivity contribution in [3.63, 3.8) is 0 Å². The Kier molecular flexibility index (Phi) is 5.64. The number of piperazine rings is 1. The standard InChI is InChI=1S/C20H31N3O2/c1-15-6-5-7-19(18(15)4)22-10-8-21(9-11-22)14-20(24)23-12-16(2)25-17(3)13-23/h5-7,16-17H,8-14H2,1-4H3/t16-,17+. The highest BCUT2D eigenvalue weighted by Crippen LogP contribution is 2.24. The zero-order chi connectivity index (χ0) is 18.0. The zero-order valence-corrected chi connectivity index (χ0v) is 16.0. The topological polar surface area (TPSA) is 36.0 Å². The van der Waals surface area contributed by atoms with E-state index in [4.69, 9.17) is 4.74 Å². The van der Waals surface area contributed by atoms with Gasteiger partial charge in [-0.15, -0.1) is 0 Å². The van der Waals surface area contributed by atoms with Gasteiger partial charge in [0.1, 0.15) is 0 Å². The smallest absolute Gasteiger partial charge is 0.236 e. The number of nitrogens with zero attached hydrogens (tertiary/aromatic N) is 3. The van der Waals surface area contributed by atoms with Gasteiger partial charge in [-0.1, -0.05) is 12.1 Å². The predicted molar refractivity (Wildman–Crippen MR) is 101 cm³/mol. The lowest BCUT2D eigenvalue weighted by atomic mass is 10.1. The second-order valence-electron chi connectivity index (χ2n) is 7.54. The fourth-order valence-electron chi connectivity index (χ4n) is 3.90. The molecule has 2 atom stereocenters. The van der Waals surface area contributed by atoms with Crippen molar-refractivity contribution in [2.45, 2.75) is 39.9 Å². The number of carbonyl (C=O) groups is 1. The predicted octanol–water partition coefficient (Wildman–Crippen LogP) is 2.06. The molecule has 0 aromatic heterocycles. The molecule has 0 unspecified atom stereocenters. The summed E-state index contributed by atoms with van der Waals surface area (Å²) in [4.78, 5) is 19.3. The molecule has 2 aliphatic heterocycles. The largest absolute Gasteiger partial charge is 0.372 e. The summed E-state index contributed by atoms with van der Waals surface area (Å²) in [7, 11) is 0. The first-order valence-corrected chi connectivity index (χ1v) is 9.41. The molecule has 0 aliphatic carbocycles. The maximum atomic E-state index is 12.6. The molecule has 25 heavy (non-hydrogen) atoms. The molecule has 3 rings (SSSR count). The van der Waals surface area contributed by atoms with Crippen LogP contribution in [0.3, 0.4) is 0 Å². The van der Waals surface area contributed by atoms with Crippen molar-refractivity contribution in [2.75, 3.05) is 50.7 Å². The molecule has 0 bridgehead atoms. The second kappa shape index (κ2) is 7.75. The van der Waals surface area contributed by atoms with Crippen molar-refractivity contribution in [3.05, 3.63) is 29.3 Å². The van der Waals surface area contributed by atoms with E-state index >= 15 is 0 Å². The minimum atomic E-state index is 0.133. The summed E-state index contributed by atoms with van der Waals surface area (Å²) < 4.78 is 5.73. The third-order valence-corrected chi connectivity index (χ3v) is 5.42. The Morgan fingerprint density at radius 1 is 1.08 bits per heavy atom. The van der Waals surface area contributed by atoms with Gasteiger partial charge in [0.05, 0.1) is 18.8 Å². The number of aryl methyl sites for hydroxylation is 1. The molecule has 1 amide bonds. The van der Waals surface area contributed by atoms with Crippen LogP contribution >= 0.6 is 0 Å². The normalized spacial score (nSPS) is 25.3. The summed E-state index contributed by atoms with van der Waals surface area (Å²) in [6.07, 6.45) is 0.266. The van der Waals surface area contributed by atoms with Gasteiger partial charge in [0.25, 0.3) is 0 Å². The number of anilines is 1. The molecule has 2 aliphatic rings. The molecular weight excluding hydrogens is 314 g/mol. The van der Waals surface area contributed by atoms with Crippen LogP contribution in [0, 0.1) is 13.8 Å². The van der Waals surface area contributed by atoms with Crippen LogP contribution < -0.4 is 4.90 Å². The molecule has 5 heteroatoms. The number of carbonyl (C=O) groups excluding carboxylic acids is 1. The molecule has 0 spiro atoms. The van der Waals surface area contributed by atoms with Crippen LogP contribution in [0.1, 0.15) is 25.0 Å². The van der Waals surface area contributed by atoms with Crippen molar-refractivity contribution >= 4 is 11.6 Å². The zero-order valence-electron chi connectivity index (χ0n) is 16.0. The van der Waals surface area contributed by atoms with Gasteiger partial charge in [0, 0.05) is 45.0 Å². The number of hydrogen-bond donors (Lipinski definition) is 0. The number of hydrogen-bond acceptors (Lipinski definition) is 4. The molecule has 5 nitrogen and oxygen atoms in total. The van der Waals surface area contributed by atoms with Gasteiger partial charge in [-0.3, -0.25) is 9.69 Å². The molecule has 2 saturated heterocycles. The van der Waals surface area contributed by atoms with Crippen LogP contribution in [0.5, 0.6) is 0 Å². The van der Waals surface area contributed by atoms with Gasteiger partial charge >= 0.3 is 0 Å². The maximum absolute atomic E-state index is 12.6. The molecule has 1 aromatic rings. The summed E-state index contributed by atoms with van der Waals surface area (Å²) >= 11 is 0. The van der Waals surface area contributed by atoms with Crippen molar-refractivity contribution in [2.24, 2.45) is 0 Å². The summed E-state index contributed by atoms with van der Waals surface area (Å²) in [6.45, 7) is 14.2. The maximum Gasteiger partial charge on any atom is 0.236 e. The lowest BCUT2D eigenvalue weighted by molar-refractivity contribution is -0.144.